The average Bonchev–Trinajstić information content (AvgIpc) is 2.95. The molecule has 1 N–H and O–H groups in total. The van der Waals surface area contributed by atoms with Gasteiger partial charge in [0.15, 0.2) is 5.78 Å². The number of nitrogens with zero attached hydrogens (tertiary/aromatic N) is 1. The van der Waals surface area contributed by atoms with Crippen LogP contribution in [-0.4, -0.2) is 29.0 Å². The highest BCUT2D eigenvalue weighted by molar-refractivity contribution is 7.99. The van der Waals surface area contributed by atoms with Gasteiger partial charge in [-0.3, -0.25) is 9.59 Å². The molecule has 0 aliphatic heterocycles. The predicted octanol–water partition coefficient (Wildman–Crippen LogP) is 3.11. The van der Waals surface area contributed by atoms with Crippen LogP contribution in [0.2, 0.25) is 0 Å². The van der Waals surface area contributed by atoms with E-state index in [1.54, 1.807) is 6.20 Å². The molecule has 6 heteroatoms. The highest BCUT2D eigenvalue weighted by Crippen LogP contribution is 2.21. The number of rotatable bonds is 7. The Morgan fingerprint density at radius 2 is 2.09 bits per heavy atom. The molecule has 0 unspecified atom stereocenters. The van der Waals surface area contributed by atoms with Crippen LogP contribution in [0, 0.1) is 6.92 Å². The van der Waals surface area contributed by atoms with Gasteiger partial charge in [-0.25, -0.2) is 4.98 Å². The summed E-state index contributed by atoms with van der Waals surface area (Å²) in [5.74, 6) is 0.472. The molecule has 0 saturated heterocycles. The first kappa shape index (κ1) is 16.7. The van der Waals surface area contributed by atoms with Crippen molar-refractivity contribution in [3.8, 4) is 0 Å². The summed E-state index contributed by atoms with van der Waals surface area (Å²) in [6, 6.07) is 7.74. The molecule has 0 aliphatic carbocycles. The van der Waals surface area contributed by atoms with Gasteiger partial charge in [0.05, 0.1) is 15.7 Å². The van der Waals surface area contributed by atoms with Crippen LogP contribution in [0.15, 0.2) is 35.5 Å². The Hall–Kier alpha value is -1.66. The van der Waals surface area contributed by atoms with Crippen LogP contribution in [0.4, 0.5) is 0 Å². The third-order valence-electron chi connectivity index (χ3n) is 2.92. The van der Waals surface area contributed by atoms with Crippen molar-refractivity contribution in [2.45, 2.75) is 25.3 Å². The number of hydrogen-bond donors (Lipinski definition) is 1. The lowest BCUT2D eigenvalue weighted by molar-refractivity contribution is -0.118. The maximum Gasteiger partial charge on any atom is 0.216 e. The van der Waals surface area contributed by atoms with Crippen LogP contribution >= 0.6 is 23.1 Å². The van der Waals surface area contributed by atoms with Gasteiger partial charge in [0.1, 0.15) is 0 Å². The summed E-state index contributed by atoms with van der Waals surface area (Å²) >= 11 is 2.95. The number of aromatic nitrogens is 1. The van der Waals surface area contributed by atoms with Crippen molar-refractivity contribution in [1.29, 1.82) is 0 Å². The van der Waals surface area contributed by atoms with Gasteiger partial charge in [0.2, 0.25) is 5.91 Å². The minimum Gasteiger partial charge on any atom is -0.356 e. The van der Waals surface area contributed by atoms with Gasteiger partial charge in [-0.1, -0.05) is 17.8 Å². The van der Waals surface area contributed by atoms with Crippen LogP contribution in [0.3, 0.4) is 0 Å². The number of pyridine rings is 1. The molecule has 0 saturated carbocycles. The zero-order valence-corrected chi connectivity index (χ0v) is 14.2. The van der Waals surface area contributed by atoms with E-state index in [-0.39, 0.29) is 11.7 Å². The summed E-state index contributed by atoms with van der Waals surface area (Å²) in [4.78, 5) is 29.1. The van der Waals surface area contributed by atoms with E-state index in [0.29, 0.717) is 12.3 Å². The molecular weight excluding hydrogens is 316 g/mol. The van der Waals surface area contributed by atoms with Gasteiger partial charge >= 0.3 is 0 Å². The normalized spacial score (nSPS) is 10.5. The lowest BCUT2D eigenvalue weighted by Gasteiger charge is -2.00. The van der Waals surface area contributed by atoms with E-state index < -0.39 is 0 Å². The van der Waals surface area contributed by atoms with Gasteiger partial charge in [-0.05, 0) is 37.1 Å². The number of aryl methyl sites for hydroxylation is 1. The Labute approximate surface area is 138 Å². The second-order valence-electron chi connectivity index (χ2n) is 4.88. The zero-order chi connectivity index (χ0) is 15.9. The van der Waals surface area contributed by atoms with E-state index in [0.717, 1.165) is 26.8 Å². The first-order chi connectivity index (χ1) is 10.5. The molecule has 2 aromatic heterocycles. The van der Waals surface area contributed by atoms with Crippen molar-refractivity contribution in [3.63, 3.8) is 0 Å². The summed E-state index contributed by atoms with van der Waals surface area (Å²) in [7, 11) is 0. The predicted molar refractivity (Wildman–Crippen MR) is 90.7 cm³/mol. The van der Waals surface area contributed by atoms with E-state index in [1.165, 1.54) is 30.0 Å². The first-order valence-electron chi connectivity index (χ1n) is 6.96. The number of ketones is 1. The topological polar surface area (TPSA) is 59.1 Å². The molecule has 0 atom stereocenters. The maximum absolute atomic E-state index is 12.2. The number of Topliss-reactive ketones (excluding diaryl/α,β-unsaturated/α-hetero) is 1. The average molecular weight is 334 g/mol. The number of nitrogens with one attached hydrogen (secondary N) is 1. The summed E-state index contributed by atoms with van der Waals surface area (Å²) in [5.41, 5.74) is 1.11. The van der Waals surface area contributed by atoms with Crippen molar-refractivity contribution < 1.29 is 9.59 Å². The number of carbonyl (C=O) groups is 2. The Balaban J connectivity index is 1.83. The fraction of sp³-hybridized carbons (Fsp3) is 0.312. The van der Waals surface area contributed by atoms with E-state index in [9.17, 15) is 9.59 Å². The Morgan fingerprint density at radius 3 is 2.77 bits per heavy atom. The number of amides is 1. The van der Waals surface area contributed by atoms with Crippen LogP contribution in [0.5, 0.6) is 0 Å². The smallest absolute Gasteiger partial charge is 0.216 e. The SMILES string of the molecule is CC(=O)NCCc1ccc(C(=O)CSc2ccc(C)cn2)s1. The molecule has 0 aromatic carbocycles. The van der Waals surface area contributed by atoms with Crippen molar-refractivity contribution >= 4 is 34.8 Å². The molecule has 2 heterocycles. The van der Waals surface area contributed by atoms with Crippen LogP contribution < -0.4 is 5.32 Å². The molecule has 22 heavy (non-hydrogen) atoms. The largest absolute Gasteiger partial charge is 0.356 e. The minimum absolute atomic E-state index is 0.0325. The number of carbonyl (C=O) groups excluding carboxylic acids is 2. The second kappa shape index (κ2) is 8.10. The van der Waals surface area contributed by atoms with Gasteiger partial charge < -0.3 is 5.32 Å². The monoisotopic (exact) mass is 334 g/mol. The number of thioether (sulfide) groups is 1. The van der Waals surface area contributed by atoms with Gasteiger partial charge in [-0.2, -0.15) is 0 Å². The Morgan fingerprint density at radius 1 is 1.27 bits per heavy atom. The molecule has 0 fully saturated rings. The van der Waals surface area contributed by atoms with Gasteiger partial charge in [-0.15, -0.1) is 11.3 Å². The summed E-state index contributed by atoms with van der Waals surface area (Å²) in [6.07, 6.45) is 2.56. The van der Waals surface area contributed by atoms with Crippen molar-refractivity contribution in [3.05, 3.63) is 45.8 Å². The van der Waals surface area contributed by atoms with Gasteiger partial charge in [0, 0.05) is 24.5 Å². The van der Waals surface area contributed by atoms with E-state index in [1.807, 2.05) is 31.2 Å². The molecular formula is C16H18N2O2S2. The summed E-state index contributed by atoms with van der Waals surface area (Å²) in [6.45, 7) is 4.09. The summed E-state index contributed by atoms with van der Waals surface area (Å²) < 4.78 is 0. The summed E-state index contributed by atoms with van der Waals surface area (Å²) in [5, 5.41) is 3.62. The molecule has 1 amide bonds. The molecule has 0 spiro atoms. The number of thiophene rings is 1. The molecule has 4 nitrogen and oxygen atoms in total. The van der Waals surface area contributed by atoms with Crippen LogP contribution in [0.1, 0.15) is 27.0 Å². The van der Waals surface area contributed by atoms with Crippen molar-refractivity contribution in [1.82, 2.24) is 10.3 Å². The third kappa shape index (κ3) is 5.27. The van der Waals surface area contributed by atoms with Crippen LogP contribution in [0.25, 0.3) is 0 Å². The van der Waals surface area contributed by atoms with Crippen molar-refractivity contribution in [2.24, 2.45) is 0 Å². The lowest BCUT2D eigenvalue weighted by Crippen LogP contribution is -2.22. The third-order valence-corrected chi connectivity index (χ3v) is 5.05. The Bertz CT molecular complexity index is 650. The van der Waals surface area contributed by atoms with Crippen LogP contribution in [-0.2, 0) is 11.2 Å². The zero-order valence-electron chi connectivity index (χ0n) is 12.6. The highest BCUT2D eigenvalue weighted by atomic mass is 32.2. The molecule has 0 aliphatic rings. The molecule has 2 rings (SSSR count). The lowest BCUT2D eigenvalue weighted by atomic mass is 10.3. The highest BCUT2D eigenvalue weighted by Gasteiger charge is 2.10. The standard InChI is InChI=1S/C16H18N2O2S2/c1-11-3-6-16(18-9-11)21-10-14(20)15-5-4-13(22-15)7-8-17-12(2)19/h3-6,9H,7-8,10H2,1-2H3,(H,17,19). The van der Waals surface area contributed by atoms with Gasteiger partial charge in [0.25, 0.3) is 0 Å². The fourth-order valence-corrected chi connectivity index (χ4v) is 3.54. The molecule has 2 aromatic rings. The van der Waals surface area contributed by atoms with E-state index in [4.69, 9.17) is 0 Å². The minimum atomic E-state index is -0.0325. The fourth-order valence-electron chi connectivity index (χ4n) is 1.77. The molecule has 116 valence electrons. The second-order valence-corrected chi connectivity index (χ2v) is 7.05. The Kier molecular flexibility index (Phi) is 6.15. The molecule has 0 radical (unpaired) electrons. The quantitative estimate of drug-likeness (QED) is 0.624. The van der Waals surface area contributed by atoms with Crippen molar-refractivity contribution in [2.75, 3.05) is 12.3 Å². The van der Waals surface area contributed by atoms with E-state index in [2.05, 4.69) is 10.3 Å². The first-order valence-corrected chi connectivity index (χ1v) is 8.76. The maximum atomic E-state index is 12.2. The molecule has 0 bridgehead atoms. The number of hydrogen-bond acceptors (Lipinski definition) is 5. The van der Waals surface area contributed by atoms with E-state index >= 15 is 0 Å².